The lowest BCUT2D eigenvalue weighted by molar-refractivity contribution is -0.185. The van der Waals surface area contributed by atoms with Gasteiger partial charge in [-0.25, -0.2) is 4.39 Å². The van der Waals surface area contributed by atoms with E-state index in [-0.39, 0.29) is 28.4 Å². The number of benzene rings is 1. The average molecular weight is 353 g/mol. The Balaban J connectivity index is 2.13. The summed E-state index contributed by atoms with van der Waals surface area (Å²) >= 11 is 0. The summed E-state index contributed by atoms with van der Waals surface area (Å²) in [5.74, 6) is -1.12. The fourth-order valence-electron chi connectivity index (χ4n) is 3.83. The van der Waals surface area contributed by atoms with E-state index in [0.29, 0.717) is 12.8 Å². The number of aromatic amines is 1. The molecule has 1 aromatic heterocycles. The summed E-state index contributed by atoms with van der Waals surface area (Å²) < 4.78 is 57.4. The van der Waals surface area contributed by atoms with E-state index >= 15 is 0 Å². The molecule has 132 valence electrons. The minimum Gasteiger partial charge on any atom is -0.351 e. The maximum atomic E-state index is 14.5. The second kappa shape index (κ2) is 5.08. The van der Waals surface area contributed by atoms with Gasteiger partial charge in [0.25, 0.3) is 5.56 Å². The van der Waals surface area contributed by atoms with Crippen molar-refractivity contribution in [2.45, 2.75) is 30.5 Å². The number of nitrogens with two attached hydrogens (primary N) is 1. The first-order valence-electron chi connectivity index (χ1n) is 7.88. The fourth-order valence-corrected chi connectivity index (χ4v) is 3.83. The first-order valence-corrected chi connectivity index (χ1v) is 7.88. The SMILES string of the molecule is NC(C1CC1)C1(C(F)(F)F)c2cc(F)ccc2Nc2c1cc[nH]c2=O. The summed E-state index contributed by atoms with van der Waals surface area (Å²) in [5, 5.41) is 2.71. The van der Waals surface area contributed by atoms with Crippen molar-refractivity contribution in [2.75, 3.05) is 5.32 Å². The molecule has 0 spiro atoms. The van der Waals surface area contributed by atoms with Gasteiger partial charge in [-0.1, -0.05) is 0 Å². The molecule has 1 aromatic carbocycles. The molecule has 8 heteroatoms. The molecule has 4 N–H and O–H groups in total. The van der Waals surface area contributed by atoms with E-state index in [9.17, 15) is 22.4 Å². The molecule has 2 unspecified atom stereocenters. The highest BCUT2D eigenvalue weighted by Gasteiger charge is 2.66. The predicted molar refractivity (Wildman–Crippen MR) is 84.3 cm³/mol. The number of pyridine rings is 1. The van der Waals surface area contributed by atoms with Crippen molar-refractivity contribution in [3.63, 3.8) is 0 Å². The van der Waals surface area contributed by atoms with Gasteiger partial charge in [-0.3, -0.25) is 4.79 Å². The summed E-state index contributed by atoms with van der Waals surface area (Å²) in [6.45, 7) is 0. The van der Waals surface area contributed by atoms with Crippen LogP contribution in [0.3, 0.4) is 0 Å². The van der Waals surface area contributed by atoms with E-state index in [2.05, 4.69) is 10.3 Å². The second-order valence-electron chi connectivity index (χ2n) is 6.58. The molecule has 25 heavy (non-hydrogen) atoms. The van der Waals surface area contributed by atoms with Crippen LogP contribution in [0, 0.1) is 11.7 Å². The number of hydrogen-bond donors (Lipinski definition) is 3. The lowest BCUT2D eigenvalue weighted by Crippen LogP contribution is -2.59. The number of halogens is 4. The van der Waals surface area contributed by atoms with E-state index in [1.807, 2.05) is 0 Å². The van der Waals surface area contributed by atoms with Crippen molar-refractivity contribution in [3.05, 3.63) is 57.8 Å². The third kappa shape index (κ3) is 2.13. The van der Waals surface area contributed by atoms with Gasteiger partial charge < -0.3 is 16.0 Å². The Kier molecular flexibility index (Phi) is 3.28. The van der Waals surface area contributed by atoms with Gasteiger partial charge in [0.1, 0.15) is 16.9 Å². The van der Waals surface area contributed by atoms with Gasteiger partial charge in [-0.15, -0.1) is 0 Å². The Hall–Kier alpha value is -2.35. The highest BCUT2D eigenvalue weighted by Crippen LogP contribution is 2.58. The summed E-state index contributed by atoms with van der Waals surface area (Å²) in [6, 6.07) is 3.02. The molecule has 1 aliphatic carbocycles. The molecule has 2 atom stereocenters. The van der Waals surface area contributed by atoms with E-state index in [1.54, 1.807) is 0 Å². The Labute approximate surface area is 140 Å². The van der Waals surface area contributed by atoms with Crippen molar-refractivity contribution >= 4 is 11.4 Å². The summed E-state index contributed by atoms with van der Waals surface area (Å²) in [4.78, 5) is 14.5. The number of aromatic nitrogens is 1. The van der Waals surface area contributed by atoms with Crippen molar-refractivity contribution < 1.29 is 17.6 Å². The monoisotopic (exact) mass is 353 g/mol. The molecule has 0 amide bonds. The molecule has 0 radical (unpaired) electrons. The lowest BCUT2D eigenvalue weighted by Gasteiger charge is -2.45. The van der Waals surface area contributed by atoms with Crippen LogP contribution in [0.4, 0.5) is 28.9 Å². The lowest BCUT2D eigenvalue weighted by atomic mass is 9.64. The van der Waals surface area contributed by atoms with Crippen LogP contribution < -0.4 is 16.6 Å². The number of rotatable bonds is 2. The zero-order valence-electron chi connectivity index (χ0n) is 13.0. The van der Waals surface area contributed by atoms with Crippen LogP contribution in [0.2, 0.25) is 0 Å². The van der Waals surface area contributed by atoms with Crippen LogP contribution in [0.5, 0.6) is 0 Å². The summed E-state index contributed by atoms with van der Waals surface area (Å²) in [7, 11) is 0. The summed E-state index contributed by atoms with van der Waals surface area (Å²) in [6.07, 6.45) is -2.49. The van der Waals surface area contributed by atoms with Crippen LogP contribution in [0.1, 0.15) is 24.0 Å². The number of nitrogens with one attached hydrogen (secondary N) is 2. The van der Waals surface area contributed by atoms with Gasteiger partial charge in [0.2, 0.25) is 0 Å². The van der Waals surface area contributed by atoms with E-state index in [0.717, 1.165) is 18.3 Å². The smallest absolute Gasteiger partial charge is 0.351 e. The maximum Gasteiger partial charge on any atom is 0.404 e. The molecule has 2 aromatic rings. The Morgan fingerprint density at radius 3 is 2.56 bits per heavy atom. The first kappa shape index (κ1) is 16.1. The molecule has 1 fully saturated rings. The highest BCUT2D eigenvalue weighted by molar-refractivity contribution is 5.76. The van der Waals surface area contributed by atoms with Gasteiger partial charge in [-0.2, -0.15) is 13.2 Å². The van der Waals surface area contributed by atoms with Crippen LogP contribution in [0.15, 0.2) is 35.3 Å². The molecule has 2 heterocycles. The number of H-pyrrole nitrogens is 1. The van der Waals surface area contributed by atoms with Crippen LogP contribution in [-0.2, 0) is 5.41 Å². The molecular weight excluding hydrogens is 338 g/mol. The maximum absolute atomic E-state index is 14.5. The van der Waals surface area contributed by atoms with Gasteiger partial charge in [0, 0.05) is 23.5 Å². The molecule has 2 aliphatic rings. The van der Waals surface area contributed by atoms with Crippen LogP contribution in [-0.4, -0.2) is 17.2 Å². The molecule has 0 saturated heterocycles. The zero-order valence-corrected chi connectivity index (χ0v) is 13.0. The van der Waals surface area contributed by atoms with Gasteiger partial charge in [0.15, 0.2) is 0 Å². The third-order valence-electron chi connectivity index (χ3n) is 5.13. The normalized spacial score (nSPS) is 23.4. The first-order chi connectivity index (χ1) is 11.8. The quantitative estimate of drug-likeness (QED) is 0.727. The Morgan fingerprint density at radius 1 is 1.20 bits per heavy atom. The third-order valence-corrected chi connectivity index (χ3v) is 5.13. The number of alkyl halides is 3. The van der Waals surface area contributed by atoms with E-state index in [4.69, 9.17) is 5.73 Å². The number of fused-ring (bicyclic) bond motifs is 2. The van der Waals surface area contributed by atoms with Crippen molar-refractivity contribution in [3.8, 4) is 0 Å². The standard InChI is InChI=1S/C17H15F4N3O/c18-9-3-4-12-11(7-9)16(17(19,20)21,14(22)8-1-2-8)10-5-6-23-15(25)13(10)24-12/h3-8,14,24H,1-2,22H2,(H,23,25). The van der Waals surface area contributed by atoms with Gasteiger partial charge in [0.05, 0.1) is 0 Å². The molecule has 4 nitrogen and oxygen atoms in total. The van der Waals surface area contributed by atoms with Crippen LogP contribution in [0.25, 0.3) is 0 Å². The minimum atomic E-state index is -4.80. The minimum absolute atomic E-state index is 0.0408. The van der Waals surface area contributed by atoms with Gasteiger partial charge in [-0.05, 0) is 48.6 Å². The van der Waals surface area contributed by atoms with E-state index in [1.165, 1.54) is 12.1 Å². The van der Waals surface area contributed by atoms with Crippen molar-refractivity contribution in [1.82, 2.24) is 4.98 Å². The predicted octanol–water partition coefficient (Wildman–Crippen LogP) is 3.16. The Bertz CT molecular complexity index is 903. The molecular formula is C17H15F4N3O. The molecule has 1 saturated carbocycles. The second-order valence-corrected chi connectivity index (χ2v) is 6.58. The molecule has 0 bridgehead atoms. The molecule has 1 aliphatic heterocycles. The van der Waals surface area contributed by atoms with E-state index < -0.39 is 29.0 Å². The topological polar surface area (TPSA) is 70.9 Å². The molecule has 4 rings (SSSR count). The Morgan fingerprint density at radius 2 is 1.92 bits per heavy atom. The fraction of sp³-hybridized carbons (Fsp3) is 0.353. The highest BCUT2D eigenvalue weighted by atomic mass is 19.4. The number of anilines is 2. The van der Waals surface area contributed by atoms with Crippen molar-refractivity contribution in [1.29, 1.82) is 0 Å². The zero-order chi connectivity index (χ0) is 18.0. The van der Waals surface area contributed by atoms with Crippen LogP contribution >= 0.6 is 0 Å². The number of hydrogen-bond acceptors (Lipinski definition) is 3. The van der Waals surface area contributed by atoms with Gasteiger partial charge >= 0.3 is 6.18 Å². The largest absolute Gasteiger partial charge is 0.404 e. The summed E-state index contributed by atoms with van der Waals surface area (Å²) in [5.41, 5.74) is 2.11. The average Bonchev–Trinajstić information content (AvgIpc) is 3.36. The van der Waals surface area contributed by atoms with Crippen molar-refractivity contribution in [2.24, 2.45) is 11.7 Å².